The highest BCUT2D eigenvalue weighted by molar-refractivity contribution is 5.84. The van der Waals surface area contributed by atoms with Crippen LogP contribution >= 0.6 is 0 Å². The molecule has 0 spiro atoms. The van der Waals surface area contributed by atoms with Gasteiger partial charge in [-0.3, -0.25) is 0 Å². The Morgan fingerprint density at radius 1 is 1.14 bits per heavy atom. The highest BCUT2D eigenvalue weighted by Gasteiger charge is 2.22. The fourth-order valence-electron chi connectivity index (χ4n) is 2.87. The molecule has 0 aliphatic rings. The van der Waals surface area contributed by atoms with Crippen molar-refractivity contribution in [2.24, 2.45) is 5.92 Å². The molecule has 156 valence electrons. The first-order chi connectivity index (χ1) is 13.7. The molecule has 3 rings (SSSR count). The van der Waals surface area contributed by atoms with E-state index >= 15 is 0 Å². The molecule has 0 aliphatic heterocycles. The van der Waals surface area contributed by atoms with Crippen molar-refractivity contribution >= 4 is 28.6 Å². The molecule has 0 fully saturated rings. The average molecular weight is 398 g/mol. The molecule has 0 saturated carbocycles. The van der Waals surface area contributed by atoms with Gasteiger partial charge in [-0.2, -0.15) is 9.97 Å². The van der Waals surface area contributed by atoms with E-state index in [0.717, 1.165) is 16.9 Å². The number of nitrogens with one attached hydrogen (secondary N) is 2. The highest BCUT2D eigenvalue weighted by atomic mass is 16.3. The summed E-state index contributed by atoms with van der Waals surface area (Å²) in [5, 5.41) is 16.8. The number of hydrogen-bond acceptors (Lipinski definition) is 7. The molecule has 8 heteroatoms. The van der Waals surface area contributed by atoms with Crippen LogP contribution in [0.3, 0.4) is 0 Å². The second-order valence-corrected chi connectivity index (χ2v) is 8.30. The SMILES string of the molecule is CC(C)n1cnc2c(NCc3ccccc3N)nc(NCC(C)C(C)(C)O)nc21. The van der Waals surface area contributed by atoms with Crippen molar-refractivity contribution in [2.75, 3.05) is 22.9 Å². The number of para-hydroxylation sites is 1. The first-order valence-electron chi connectivity index (χ1n) is 9.95. The summed E-state index contributed by atoms with van der Waals surface area (Å²) >= 11 is 0. The van der Waals surface area contributed by atoms with E-state index in [9.17, 15) is 5.11 Å². The normalized spacial score (nSPS) is 13.1. The Morgan fingerprint density at radius 2 is 1.86 bits per heavy atom. The van der Waals surface area contributed by atoms with Gasteiger partial charge in [-0.1, -0.05) is 25.1 Å². The van der Waals surface area contributed by atoms with Gasteiger partial charge in [0.05, 0.1) is 11.9 Å². The van der Waals surface area contributed by atoms with Crippen molar-refractivity contribution < 1.29 is 5.11 Å². The zero-order valence-electron chi connectivity index (χ0n) is 17.8. The van der Waals surface area contributed by atoms with Crippen LogP contribution in [0.5, 0.6) is 0 Å². The van der Waals surface area contributed by atoms with Gasteiger partial charge in [0.2, 0.25) is 5.95 Å². The second-order valence-electron chi connectivity index (χ2n) is 8.30. The Kier molecular flexibility index (Phi) is 5.93. The third-order valence-corrected chi connectivity index (χ3v) is 5.25. The molecular formula is C21H31N7O. The third-order valence-electron chi connectivity index (χ3n) is 5.25. The van der Waals surface area contributed by atoms with Gasteiger partial charge in [-0.05, 0) is 39.3 Å². The first-order valence-corrected chi connectivity index (χ1v) is 9.95. The number of hydrogen-bond donors (Lipinski definition) is 4. The molecule has 29 heavy (non-hydrogen) atoms. The lowest BCUT2D eigenvalue weighted by molar-refractivity contribution is 0.0303. The molecule has 0 amide bonds. The van der Waals surface area contributed by atoms with E-state index < -0.39 is 5.60 Å². The standard InChI is InChI=1S/C21H31N7O/c1-13(2)28-12-25-17-18(23-11-15-8-6-7-9-16(15)22)26-20(27-19(17)28)24-10-14(3)21(4,5)29/h6-9,12-14,29H,10-11,22H2,1-5H3,(H2,23,24,26,27). The van der Waals surface area contributed by atoms with Crippen LogP contribution in [-0.4, -0.2) is 36.8 Å². The molecular weight excluding hydrogens is 366 g/mol. The molecule has 0 aliphatic carbocycles. The van der Waals surface area contributed by atoms with E-state index in [4.69, 9.17) is 5.73 Å². The summed E-state index contributed by atoms with van der Waals surface area (Å²) in [5.74, 6) is 1.17. The summed E-state index contributed by atoms with van der Waals surface area (Å²) in [7, 11) is 0. The molecule has 2 heterocycles. The number of aliphatic hydroxyl groups is 1. The largest absolute Gasteiger partial charge is 0.398 e. The molecule has 1 unspecified atom stereocenters. The van der Waals surface area contributed by atoms with Crippen LogP contribution in [0.15, 0.2) is 30.6 Å². The molecule has 1 atom stereocenters. The fraction of sp³-hybridized carbons (Fsp3) is 0.476. The second kappa shape index (κ2) is 8.24. The minimum absolute atomic E-state index is 0.0253. The molecule has 0 saturated heterocycles. The van der Waals surface area contributed by atoms with Crippen LogP contribution < -0.4 is 16.4 Å². The topological polar surface area (TPSA) is 114 Å². The van der Waals surface area contributed by atoms with Crippen molar-refractivity contribution in [1.29, 1.82) is 0 Å². The number of nitrogens with zero attached hydrogens (tertiary/aromatic N) is 4. The summed E-state index contributed by atoms with van der Waals surface area (Å²) in [6.07, 6.45) is 1.79. The molecule has 0 bridgehead atoms. The van der Waals surface area contributed by atoms with E-state index in [0.29, 0.717) is 30.4 Å². The van der Waals surface area contributed by atoms with Gasteiger partial charge in [0.15, 0.2) is 17.0 Å². The van der Waals surface area contributed by atoms with Crippen molar-refractivity contribution in [3.8, 4) is 0 Å². The Balaban J connectivity index is 1.91. The number of benzene rings is 1. The Bertz CT molecular complexity index is 975. The van der Waals surface area contributed by atoms with E-state index in [1.165, 1.54) is 0 Å². The highest BCUT2D eigenvalue weighted by Crippen LogP contribution is 2.25. The minimum Gasteiger partial charge on any atom is -0.398 e. The Hall–Kier alpha value is -2.87. The van der Waals surface area contributed by atoms with Gasteiger partial charge in [0.25, 0.3) is 0 Å². The number of rotatable bonds is 8. The number of nitrogen functional groups attached to an aromatic ring is 1. The molecule has 8 nitrogen and oxygen atoms in total. The number of anilines is 3. The van der Waals surface area contributed by atoms with Crippen LogP contribution in [0.4, 0.5) is 17.5 Å². The lowest BCUT2D eigenvalue weighted by Crippen LogP contribution is -2.33. The van der Waals surface area contributed by atoms with Gasteiger partial charge < -0.3 is 26.0 Å². The molecule has 2 aromatic heterocycles. The maximum atomic E-state index is 10.2. The van der Waals surface area contributed by atoms with Gasteiger partial charge in [-0.15, -0.1) is 0 Å². The number of imidazole rings is 1. The van der Waals surface area contributed by atoms with Crippen molar-refractivity contribution in [3.05, 3.63) is 36.2 Å². The molecule has 3 aromatic rings. The quantitative estimate of drug-likeness (QED) is 0.431. The third kappa shape index (κ3) is 4.76. The predicted octanol–water partition coefficient (Wildman–Crippen LogP) is 3.42. The van der Waals surface area contributed by atoms with Gasteiger partial charge >= 0.3 is 0 Å². The van der Waals surface area contributed by atoms with Crippen LogP contribution in [-0.2, 0) is 6.54 Å². The summed E-state index contributed by atoms with van der Waals surface area (Å²) in [5.41, 5.74) is 8.48. The summed E-state index contributed by atoms with van der Waals surface area (Å²) in [6.45, 7) is 10.8. The van der Waals surface area contributed by atoms with Crippen LogP contribution in [0.25, 0.3) is 11.2 Å². The first kappa shape index (κ1) is 20.9. The van der Waals surface area contributed by atoms with Crippen molar-refractivity contribution in [3.63, 3.8) is 0 Å². The zero-order chi connectivity index (χ0) is 21.2. The minimum atomic E-state index is -0.789. The van der Waals surface area contributed by atoms with Crippen molar-refractivity contribution in [1.82, 2.24) is 19.5 Å². The van der Waals surface area contributed by atoms with E-state index in [1.54, 1.807) is 20.2 Å². The Morgan fingerprint density at radius 3 is 2.52 bits per heavy atom. The summed E-state index contributed by atoms with van der Waals surface area (Å²) in [6, 6.07) is 7.96. The van der Waals surface area contributed by atoms with Gasteiger partial charge in [-0.25, -0.2) is 4.98 Å². The van der Waals surface area contributed by atoms with Crippen LogP contribution in [0.1, 0.15) is 46.2 Å². The molecule has 1 aromatic carbocycles. The lowest BCUT2D eigenvalue weighted by atomic mass is 9.93. The lowest BCUT2D eigenvalue weighted by Gasteiger charge is -2.26. The van der Waals surface area contributed by atoms with E-state index in [2.05, 4.69) is 39.4 Å². The van der Waals surface area contributed by atoms with Crippen molar-refractivity contribution in [2.45, 2.75) is 52.8 Å². The maximum absolute atomic E-state index is 10.2. The van der Waals surface area contributed by atoms with E-state index in [1.807, 2.05) is 35.8 Å². The predicted molar refractivity (Wildman–Crippen MR) is 118 cm³/mol. The number of aromatic nitrogens is 4. The summed E-state index contributed by atoms with van der Waals surface area (Å²) < 4.78 is 2.02. The van der Waals surface area contributed by atoms with Gasteiger partial charge in [0.1, 0.15) is 0 Å². The summed E-state index contributed by atoms with van der Waals surface area (Å²) in [4.78, 5) is 13.8. The Labute approximate surface area is 171 Å². The number of fused-ring (bicyclic) bond motifs is 1. The zero-order valence-corrected chi connectivity index (χ0v) is 17.8. The smallest absolute Gasteiger partial charge is 0.226 e. The van der Waals surface area contributed by atoms with Crippen LogP contribution in [0, 0.1) is 5.92 Å². The molecule has 0 radical (unpaired) electrons. The van der Waals surface area contributed by atoms with Crippen LogP contribution in [0.2, 0.25) is 0 Å². The fourth-order valence-corrected chi connectivity index (χ4v) is 2.87. The maximum Gasteiger partial charge on any atom is 0.226 e. The molecule has 5 N–H and O–H groups in total. The monoisotopic (exact) mass is 397 g/mol. The van der Waals surface area contributed by atoms with Gasteiger partial charge in [0, 0.05) is 30.7 Å². The average Bonchev–Trinajstić information content (AvgIpc) is 3.08. The number of nitrogens with two attached hydrogens (primary N) is 1. The van der Waals surface area contributed by atoms with E-state index in [-0.39, 0.29) is 12.0 Å².